The molecule has 0 radical (unpaired) electrons. The predicted octanol–water partition coefficient (Wildman–Crippen LogP) is -3.17. The fourth-order valence-electron chi connectivity index (χ4n) is 1.41. The quantitative estimate of drug-likeness (QED) is 0.456. The molecule has 4 heteroatoms. The van der Waals surface area contributed by atoms with Gasteiger partial charge < -0.3 is 24.8 Å². The van der Waals surface area contributed by atoms with E-state index in [1.165, 1.54) is 27.8 Å². The van der Waals surface area contributed by atoms with E-state index in [-0.39, 0.29) is 24.8 Å². The van der Waals surface area contributed by atoms with Crippen molar-refractivity contribution < 1.29 is 45.9 Å². The van der Waals surface area contributed by atoms with Gasteiger partial charge in [0.1, 0.15) is 0 Å². The molecule has 81 valence electrons. The van der Waals surface area contributed by atoms with Crippen LogP contribution in [0.15, 0.2) is 0 Å². The monoisotopic (exact) mass is 272 g/mol. The summed E-state index contributed by atoms with van der Waals surface area (Å²) in [6, 6.07) is 0. The molecule has 0 amide bonds. The molecule has 0 aliphatic heterocycles. The second-order valence-corrected chi connectivity index (χ2v) is 3.12. The third-order valence-corrected chi connectivity index (χ3v) is 2.81. The van der Waals surface area contributed by atoms with Crippen LogP contribution in [0.3, 0.4) is 0 Å². The summed E-state index contributed by atoms with van der Waals surface area (Å²) >= 11 is 1.06. The molecule has 0 atom stereocenters. The first kappa shape index (κ1) is 19.8. The number of halogens is 2. The van der Waals surface area contributed by atoms with Crippen LogP contribution >= 0.6 is 0 Å². The fraction of sp³-hybridized carbons (Fsp3) is 0.500. The van der Waals surface area contributed by atoms with Crippen LogP contribution in [0.5, 0.6) is 0 Å². The molecule has 0 heterocycles. The van der Waals surface area contributed by atoms with Gasteiger partial charge in [0.05, 0.1) is 0 Å². The summed E-state index contributed by atoms with van der Waals surface area (Å²) in [7, 11) is 0. The molecule has 0 bridgehead atoms. The number of hydrogen-bond donors (Lipinski definition) is 0. The number of hydrogen-bond acceptors (Lipinski definition) is 1. The van der Waals surface area contributed by atoms with Gasteiger partial charge in [0.25, 0.3) is 0 Å². The predicted molar refractivity (Wildman–Crippen MR) is 46.4 cm³/mol. The minimum atomic E-state index is 0. The summed E-state index contributed by atoms with van der Waals surface area (Å²) in [4.78, 5) is 0. The maximum atomic E-state index is 8.19. The van der Waals surface area contributed by atoms with Crippen molar-refractivity contribution in [1.82, 2.24) is 0 Å². The van der Waals surface area contributed by atoms with Gasteiger partial charge in [0.2, 0.25) is 0 Å². The van der Waals surface area contributed by atoms with Crippen molar-refractivity contribution in [2.24, 2.45) is 0 Å². The second-order valence-electron chi connectivity index (χ2n) is 3.12. The molecule has 0 unspecified atom stereocenters. The van der Waals surface area contributed by atoms with Gasteiger partial charge in [-0.1, -0.05) is 34.6 Å². The zero-order valence-corrected chi connectivity index (χ0v) is 12.0. The van der Waals surface area contributed by atoms with E-state index >= 15 is 0 Å². The standard InChI is InChI=1S/C10H15.2ClH.O.V/c1-6-7(2)9(4)10(5)8(6)3;;;;/h1-5H3;2*1H;;/q-1;;;;+2/p-2. The first-order valence-electron chi connectivity index (χ1n) is 3.93. The molecule has 1 rings (SSSR count). The van der Waals surface area contributed by atoms with Crippen LogP contribution in [0.1, 0.15) is 27.8 Å². The Kier molecular flexibility index (Phi) is 12.2. The van der Waals surface area contributed by atoms with Crippen LogP contribution < -0.4 is 24.8 Å². The van der Waals surface area contributed by atoms with Crippen LogP contribution in [-0.4, -0.2) is 0 Å². The number of rotatable bonds is 0. The van der Waals surface area contributed by atoms with E-state index in [4.69, 9.17) is 3.67 Å². The van der Waals surface area contributed by atoms with Crippen molar-refractivity contribution in [3.63, 3.8) is 0 Å². The minimum absolute atomic E-state index is 0. The van der Waals surface area contributed by atoms with Gasteiger partial charge in [-0.15, -0.1) is 0 Å². The molecule has 0 spiro atoms. The Hall–Kier alpha value is 0.314. The first-order chi connectivity index (χ1) is 5.55. The third-order valence-electron chi connectivity index (χ3n) is 2.81. The Bertz CT molecular complexity index is 202. The van der Waals surface area contributed by atoms with Crippen molar-refractivity contribution in [3.05, 3.63) is 27.8 Å². The zero-order valence-electron chi connectivity index (χ0n) is 9.11. The summed E-state index contributed by atoms with van der Waals surface area (Å²) in [5.41, 5.74) is 7.34. The Morgan fingerprint density at radius 2 is 1.07 bits per heavy atom. The van der Waals surface area contributed by atoms with Crippen molar-refractivity contribution in [3.8, 4) is 0 Å². The maximum absolute atomic E-state index is 8.19. The first-order valence-corrected chi connectivity index (χ1v) is 4.50. The molecule has 0 aliphatic carbocycles. The van der Waals surface area contributed by atoms with Crippen molar-refractivity contribution in [1.29, 1.82) is 0 Å². The van der Waals surface area contributed by atoms with Gasteiger partial charge in [0, 0.05) is 0 Å². The van der Waals surface area contributed by atoms with Crippen LogP contribution in [-0.2, 0) is 21.0 Å². The van der Waals surface area contributed by atoms with Gasteiger partial charge >= 0.3 is 21.0 Å². The van der Waals surface area contributed by atoms with E-state index in [2.05, 4.69) is 34.6 Å². The van der Waals surface area contributed by atoms with E-state index in [0.717, 1.165) is 17.4 Å². The third kappa shape index (κ3) is 3.82. The molecule has 1 aromatic carbocycles. The Morgan fingerprint density at radius 1 is 0.857 bits per heavy atom. The molecule has 0 fully saturated rings. The van der Waals surface area contributed by atoms with Crippen LogP contribution in [0.4, 0.5) is 0 Å². The van der Waals surface area contributed by atoms with Gasteiger partial charge in [0.15, 0.2) is 0 Å². The summed E-state index contributed by atoms with van der Waals surface area (Å²) in [5, 5.41) is 0. The van der Waals surface area contributed by atoms with Crippen LogP contribution in [0.25, 0.3) is 0 Å². The topological polar surface area (TPSA) is 17.1 Å². The average Bonchev–Trinajstić information content (AvgIpc) is 2.27. The Balaban J connectivity index is -0.000000284. The van der Waals surface area contributed by atoms with Gasteiger partial charge in [-0.3, -0.25) is 0 Å². The molecular weight excluding hydrogens is 258 g/mol. The molecule has 0 saturated carbocycles. The average molecular weight is 273 g/mol. The van der Waals surface area contributed by atoms with E-state index in [0.29, 0.717) is 0 Å². The fourth-order valence-corrected chi connectivity index (χ4v) is 1.41. The van der Waals surface area contributed by atoms with Crippen molar-refractivity contribution >= 4 is 0 Å². The molecule has 0 aliphatic rings. The van der Waals surface area contributed by atoms with Crippen molar-refractivity contribution in [2.45, 2.75) is 34.6 Å². The summed E-state index contributed by atoms with van der Waals surface area (Å²) in [6.45, 7) is 11.0. The summed E-state index contributed by atoms with van der Waals surface area (Å²) in [5.74, 6) is 0. The van der Waals surface area contributed by atoms with Crippen LogP contribution in [0, 0.1) is 34.6 Å². The van der Waals surface area contributed by atoms with E-state index in [1.807, 2.05) is 0 Å². The molecule has 0 saturated heterocycles. The molecule has 0 aromatic heterocycles. The normalized spacial score (nSPS) is 7.93. The summed E-state index contributed by atoms with van der Waals surface area (Å²) in [6.07, 6.45) is 0. The SMILES string of the molecule is Cc1c(C)c(C)[c-](C)c1C.[Cl-].[Cl-].[O]=[V+2]. The molecular formula is C10H15Cl2OV-. The van der Waals surface area contributed by atoms with Crippen LogP contribution in [0.2, 0.25) is 0 Å². The van der Waals surface area contributed by atoms with Crippen molar-refractivity contribution in [2.75, 3.05) is 0 Å². The van der Waals surface area contributed by atoms with Gasteiger partial charge in [-0.25, -0.2) is 0 Å². The molecule has 14 heavy (non-hydrogen) atoms. The Labute approximate surface area is 108 Å². The molecule has 1 nitrogen and oxygen atoms in total. The summed E-state index contributed by atoms with van der Waals surface area (Å²) < 4.78 is 8.19. The van der Waals surface area contributed by atoms with Gasteiger partial charge in [-0.2, -0.15) is 27.8 Å². The van der Waals surface area contributed by atoms with Gasteiger partial charge in [-0.05, 0) is 0 Å². The zero-order chi connectivity index (χ0) is 9.89. The van der Waals surface area contributed by atoms with E-state index < -0.39 is 0 Å². The Morgan fingerprint density at radius 3 is 1.14 bits per heavy atom. The van der Waals surface area contributed by atoms with E-state index in [9.17, 15) is 0 Å². The molecule has 1 aromatic rings. The second kappa shape index (κ2) is 8.61. The molecule has 0 N–H and O–H groups in total. The van der Waals surface area contributed by atoms with E-state index in [1.54, 1.807) is 0 Å².